The second-order valence-electron chi connectivity index (χ2n) is 3.06. The Kier molecular flexibility index (Phi) is 3.23. The highest BCUT2D eigenvalue weighted by Gasteiger charge is 2.13. The minimum atomic E-state index is 0.701. The topological polar surface area (TPSA) is 27.7 Å². The molecule has 1 aromatic carbocycles. The van der Waals surface area contributed by atoms with Crippen LogP contribution in [0.25, 0.3) is 0 Å². The van der Waals surface area contributed by atoms with Gasteiger partial charge < -0.3 is 14.2 Å². The fourth-order valence-corrected chi connectivity index (χ4v) is 1.45. The molecule has 0 fully saturated rings. The molecule has 0 bridgehead atoms. The van der Waals surface area contributed by atoms with Gasteiger partial charge in [-0.3, -0.25) is 0 Å². The number of hydrogen-bond donors (Lipinski definition) is 0. The van der Waals surface area contributed by atoms with E-state index in [1.54, 1.807) is 21.3 Å². The molecule has 1 rings (SSSR count). The van der Waals surface area contributed by atoms with Crippen molar-refractivity contribution in [1.29, 1.82) is 0 Å². The van der Waals surface area contributed by atoms with Crippen molar-refractivity contribution in [2.24, 2.45) is 0 Å². The Morgan fingerprint density at radius 3 is 1.79 bits per heavy atom. The molecule has 0 aromatic heterocycles. The normalized spacial score (nSPS) is 9.79. The summed E-state index contributed by atoms with van der Waals surface area (Å²) >= 11 is 0. The van der Waals surface area contributed by atoms with E-state index in [4.69, 9.17) is 14.2 Å². The van der Waals surface area contributed by atoms with E-state index in [2.05, 4.69) is 0 Å². The molecule has 1 aromatic rings. The van der Waals surface area contributed by atoms with Crippen LogP contribution in [-0.4, -0.2) is 21.3 Å². The van der Waals surface area contributed by atoms with Crippen LogP contribution >= 0.6 is 0 Å². The molecule has 0 unspecified atom stereocenters. The number of hydrogen-bond acceptors (Lipinski definition) is 3. The molecule has 0 aliphatic carbocycles. The van der Waals surface area contributed by atoms with Gasteiger partial charge in [0.1, 0.15) is 5.75 Å². The molecule has 3 heteroatoms. The summed E-state index contributed by atoms with van der Waals surface area (Å²) in [7, 11) is 4.90. The first-order valence-corrected chi connectivity index (χ1v) is 4.41. The standard InChI is InChI=1S/C11H16O3/c1-7-8(2)11(14-5)10(13-4)6-9(7)12-3/h6H,1-5H3. The highest BCUT2D eigenvalue weighted by Crippen LogP contribution is 2.38. The molecule has 0 aliphatic heterocycles. The summed E-state index contributed by atoms with van der Waals surface area (Å²) in [5.74, 6) is 2.29. The first-order valence-electron chi connectivity index (χ1n) is 4.41. The minimum Gasteiger partial charge on any atom is -0.496 e. The van der Waals surface area contributed by atoms with Gasteiger partial charge in [-0.05, 0) is 19.4 Å². The Balaban J connectivity index is 3.38. The van der Waals surface area contributed by atoms with Gasteiger partial charge in [0.2, 0.25) is 0 Å². The molecule has 0 radical (unpaired) electrons. The molecule has 0 saturated heterocycles. The lowest BCUT2D eigenvalue weighted by molar-refractivity contribution is 0.346. The van der Waals surface area contributed by atoms with Crippen molar-refractivity contribution in [3.05, 3.63) is 17.2 Å². The average molecular weight is 196 g/mol. The molecule has 14 heavy (non-hydrogen) atoms. The van der Waals surface area contributed by atoms with E-state index in [1.807, 2.05) is 19.9 Å². The molecule has 0 aliphatic rings. The number of benzene rings is 1. The van der Waals surface area contributed by atoms with E-state index in [0.717, 1.165) is 22.6 Å². The van der Waals surface area contributed by atoms with E-state index in [1.165, 1.54) is 0 Å². The highest BCUT2D eigenvalue weighted by molar-refractivity contribution is 5.56. The fourth-order valence-electron chi connectivity index (χ4n) is 1.45. The van der Waals surface area contributed by atoms with Gasteiger partial charge in [0.25, 0.3) is 0 Å². The van der Waals surface area contributed by atoms with E-state index in [9.17, 15) is 0 Å². The molecule has 78 valence electrons. The van der Waals surface area contributed by atoms with Crippen molar-refractivity contribution in [1.82, 2.24) is 0 Å². The van der Waals surface area contributed by atoms with Gasteiger partial charge in [0.15, 0.2) is 11.5 Å². The zero-order valence-electron chi connectivity index (χ0n) is 9.30. The quantitative estimate of drug-likeness (QED) is 0.742. The lowest BCUT2D eigenvalue weighted by Crippen LogP contribution is -1.98. The maximum absolute atomic E-state index is 5.27. The van der Waals surface area contributed by atoms with Gasteiger partial charge in [-0.25, -0.2) is 0 Å². The molecule has 0 N–H and O–H groups in total. The third-order valence-electron chi connectivity index (χ3n) is 2.40. The Bertz CT molecular complexity index is 332. The van der Waals surface area contributed by atoms with Crippen LogP contribution in [0.1, 0.15) is 11.1 Å². The Labute approximate surface area is 84.6 Å². The van der Waals surface area contributed by atoms with Crippen molar-refractivity contribution in [2.45, 2.75) is 13.8 Å². The summed E-state index contributed by atoms with van der Waals surface area (Å²) < 4.78 is 15.7. The van der Waals surface area contributed by atoms with Crippen molar-refractivity contribution >= 4 is 0 Å². The van der Waals surface area contributed by atoms with E-state index < -0.39 is 0 Å². The van der Waals surface area contributed by atoms with Crippen LogP contribution in [0.3, 0.4) is 0 Å². The van der Waals surface area contributed by atoms with Gasteiger partial charge in [-0.1, -0.05) is 0 Å². The van der Waals surface area contributed by atoms with Crippen LogP contribution in [0.2, 0.25) is 0 Å². The molecule has 0 spiro atoms. The number of rotatable bonds is 3. The SMILES string of the molecule is COc1cc(OC)c(OC)c(C)c1C. The third kappa shape index (κ3) is 1.62. The second-order valence-corrected chi connectivity index (χ2v) is 3.06. The molecule has 3 nitrogen and oxygen atoms in total. The van der Waals surface area contributed by atoms with Crippen LogP contribution in [0.15, 0.2) is 6.07 Å². The van der Waals surface area contributed by atoms with Crippen LogP contribution in [0.5, 0.6) is 17.2 Å². The van der Waals surface area contributed by atoms with E-state index in [-0.39, 0.29) is 0 Å². The Morgan fingerprint density at radius 1 is 0.786 bits per heavy atom. The fraction of sp³-hybridized carbons (Fsp3) is 0.455. The average Bonchev–Trinajstić information content (AvgIpc) is 2.21. The third-order valence-corrected chi connectivity index (χ3v) is 2.40. The van der Waals surface area contributed by atoms with Gasteiger partial charge in [-0.2, -0.15) is 0 Å². The molecular formula is C11H16O3. The van der Waals surface area contributed by atoms with Crippen LogP contribution < -0.4 is 14.2 Å². The van der Waals surface area contributed by atoms with Gasteiger partial charge in [0, 0.05) is 11.6 Å². The predicted octanol–water partition coefficient (Wildman–Crippen LogP) is 2.33. The summed E-state index contributed by atoms with van der Waals surface area (Å²) in [5, 5.41) is 0. The summed E-state index contributed by atoms with van der Waals surface area (Å²) in [5.41, 5.74) is 2.12. The molecule has 0 saturated carbocycles. The zero-order valence-corrected chi connectivity index (χ0v) is 9.30. The Morgan fingerprint density at radius 2 is 1.36 bits per heavy atom. The van der Waals surface area contributed by atoms with Crippen molar-refractivity contribution in [2.75, 3.05) is 21.3 Å². The van der Waals surface area contributed by atoms with Crippen molar-refractivity contribution in [3.8, 4) is 17.2 Å². The summed E-state index contributed by atoms with van der Waals surface area (Å²) in [6.45, 7) is 3.98. The monoisotopic (exact) mass is 196 g/mol. The van der Waals surface area contributed by atoms with Gasteiger partial charge >= 0.3 is 0 Å². The first-order chi connectivity index (χ1) is 6.65. The number of methoxy groups -OCH3 is 3. The lowest BCUT2D eigenvalue weighted by atomic mass is 10.1. The summed E-state index contributed by atoms with van der Waals surface area (Å²) in [4.78, 5) is 0. The molecular weight excluding hydrogens is 180 g/mol. The molecule has 0 heterocycles. The van der Waals surface area contributed by atoms with Crippen molar-refractivity contribution in [3.63, 3.8) is 0 Å². The Hall–Kier alpha value is -1.38. The van der Waals surface area contributed by atoms with Crippen molar-refractivity contribution < 1.29 is 14.2 Å². The minimum absolute atomic E-state index is 0.701. The van der Waals surface area contributed by atoms with Gasteiger partial charge in [-0.15, -0.1) is 0 Å². The number of ether oxygens (including phenoxy) is 3. The highest BCUT2D eigenvalue weighted by atomic mass is 16.5. The van der Waals surface area contributed by atoms with Crippen LogP contribution in [0.4, 0.5) is 0 Å². The summed E-state index contributed by atoms with van der Waals surface area (Å²) in [6.07, 6.45) is 0. The molecule has 0 amide bonds. The predicted molar refractivity (Wildman–Crippen MR) is 55.6 cm³/mol. The summed E-state index contributed by atoms with van der Waals surface area (Å²) in [6, 6.07) is 1.83. The van der Waals surface area contributed by atoms with E-state index >= 15 is 0 Å². The first kappa shape index (κ1) is 10.7. The largest absolute Gasteiger partial charge is 0.496 e. The maximum Gasteiger partial charge on any atom is 0.164 e. The lowest BCUT2D eigenvalue weighted by Gasteiger charge is -2.15. The second kappa shape index (κ2) is 4.22. The van der Waals surface area contributed by atoms with E-state index in [0.29, 0.717) is 5.75 Å². The van der Waals surface area contributed by atoms with Gasteiger partial charge in [0.05, 0.1) is 21.3 Å². The zero-order chi connectivity index (χ0) is 10.7. The van der Waals surface area contributed by atoms with Crippen LogP contribution in [-0.2, 0) is 0 Å². The van der Waals surface area contributed by atoms with Crippen LogP contribution in [0, 0.1) is 13.8 Å². The smallest absolute Gasteiger partial charge is 0.164 e. The molecule has 0 atom stereocenters. The maximum atomic E-state index is 5.27.